The quantitative estimate of drug-likeness (QED) is 0.782. The number of primary amides is 1. The molecule has 0 bridgehead atoms. The van der Waals surface area contributed by atoms with Gasteiger partial charge in [-0.05, 0) is 18.9 Å². The largest absolute Gasteiger partial charge is 0.366 e. The van der Waals surface area contributed by atoms with Crippen molar-refractivity contribution in [1.29, 1.82) is 0 Å². The van der Waals surface area contributed by atoms with Crippen LogP contribution in [0, 0.1) is 5.92 Å². The van der Waals surface area contributed by atoms with Crippen LogP contribution in [0.2, 0.25) is 0 Å². The summed E-state index contributed by atoms with van der Waals surface area (Å²) >= 11 is 0. The van der Waals surface area contributed by atoms with Gasteiger partial charge in [0, 0.05) is 49.9 Å². The second kappa shape index (κ2) is 8.00. The molecule has 2 fully saturated rings. The van der Waals surface area contributed by atoms with Crippen molar-refractivity contribution in [3.8, 4) is 0 Å². The lowest BCUT2D eigenvalue weighted by Gasteiger charge is -2.37. The maximum absolute atomic E-state index is 12.7. The van der Waals surface area contributed by atoms with Crippen LogP contribution in [-0.4, -0.2) is 57.8 Å². The molecule has 1 saturated carbocycles. The molecule has 2 aromatic rings. The standard InChI is InChI=1S/C20H26N6O2/c21-16(27)7-6-15-12-22-19-18(15)24-17(13-23-19)25-8-10-26(11-9-25)20(28)14-4-2-1-3-5-14/h6-7,12-14H,1-5,8-11H2,(H2,21,27)(H,22,23). The number of carbonyl (C=O) groups excluding carboxylic acids is 2. The number of hydrogen-bond donors (Lipinski definition) is 2. The van der Waals surface area contributed by atoms with E-state index in [1.54, 1.807) is 18.5 Å². The summed E-state index contributed by atoms with van der Waals surface area (Å²) in [6, 6.07) is 0. The maximum atomic E-state index is 12.7. The molecule has 3 N–H and O–H groups in total. The predicted molar refractivity (Wildman–Crippen MR) is 107 cm³/mol. The molecule has 1 aliphatic heterocycles. The molecule has 3 heterocycles. The van der Waals surface area contributed by atoms with Crippen LogP contribution in [0.1, 0.15) is 37.7 Å². The second-order valence-electron chi connectivity index (χ2n) is 7.55. The van der Waals surface area contributed by atoms with Crippen LogP contribution in [0.3, 0.4) is 0 Å². The van der Waals surface area contributed by atoms with Gasteiger partial charge in [-0.1, -0.05) is 19.3 Å². The number of carbonyl (C=O) groups is 2. The average molecular weight is 382 g/mol. The highest BCUT2D eigenvalue weighted by Gasteiger charge is 2.28. The second-order valence-corrected chi connectivity index (χ2v) is 7.55. The van der Waals surface area contributed by atoms with E-state index in [4.69, 9.17) is 10.7 Å². The van der Waals surface area contributed by atoms with Crippen molar-refractivity contribution in [2.75, 3.05) is 31.1 Å². The first-order valence-electron chi connectivity index (χ1n) is 9.97. The number of hydrogen-bond acceptors (Lipinski definition) is 5. The number of fused-ring (bicyclic) bond motifs is 1. The topological polar surface area (TPSA) is 108 Å². The van der Waals surface area contributed by atoms with Crippen LogP contribution in [0.25, 0.3) is 17.2 Å². The number of nitrogens with two attached hydrogens (primary N) is 1. The van der Waals surface area contributed by atoms with Gasteiger partial charge in [0.2, 0.25) is 11.8 Å². The lowest BCUT2D eigenvalue weighted by atomic mass is 9.88. The fraction of sp³-hybridized carbons (Fsp3) is 0.500. The Balaban J connectivity index is 1.44. The van der Waals surface area contributed by atoms with Crippen LogP contribution < -0.4 is 10.6 Å². The highest BCUT2D eigenvalue weighted by molar-refractivity contribution is 5.93. The number of nitrogens with zero attached hydrogens (tertiary/aromatic N) is 4. The molecule has 4 rings (SSSR count). The number of nitrogens with one attached hydrogen (secondary N) is 1. The lowest BCUT2D eigenvalue weighted by Crippen LogP contribution is -2.50. The molecule has 8 nitrogen and oxygen atoms in total. The third-order valence-electron chi connectivity index (χ3n) is 5.69. The average Bonchev–Trinajstić information content (AvgIpc) is 3.14. The van der Waals surface area contributed by atoms with Crippen molar-refractivity contribution in [3.63, 3.8) is 0 Å². The van der Waals surface area contributed by atoms with Gasteiger partial charge in [0.15, 0.2) is 5.65 Å². The Hall–Kier alpha value is -2.90. The van der Waals surface area contributed by atoms with Crippen molar-refractivity contribution < 1.29 is 9.59 Å². The molecule has 1 saturated heterocycles. The van der Waals surface area contributed by atoms with Gasteiger partial charge in [0.05, 0.1) is 6.20 Å². The number of piperazine rings is 1. The summed E-state index contributed by atoms with van der Waals surface area (Å²) in [7, 11) is 0. The van der Waals surface area contributed by atoms with Crippen LogP contribution in [0.15, 0.2) is 18.5 Å². The number of aromatic nitrogens is 3. The minimum Gasteiger partial charge on any atom is -0.366 e. The van der Waals surface area contributed by atoms with E-state index in [-0.39, 0.29) is 5.92 Å². The van der Waals surface area contributed by atoms with Crippen molar-refractivity contribution >= 4 is 34.9 Å². The number of aromatic amines is 1. The Morgan fingerprint density at radius 2 is 1.89 bits per heavy atom. The van der Waals surface area contributed by atoms with Crippen molar-refractivity contribution in [2.24, 2.45) is 11.7 Å². The van der Waals surface area contributed by atoms with E-state index in [1.165, 1.54) is 25.3 Å². The number of anilines is 1. The van der Waals surface area contributed by atoms with Crippen molar-refractivity contribution in [3.05, 3.63) is 24.0 Å². The van der Waals surface area contributed by atoms with E-state index < -0.39 is 5.91 Å². The minimum atomic E-state index is -0.503. The first kappa shape index (κ1) is 18.5. The summed E-state index contributed by atoms with van der Waals surface area (Å²) in [5, 5.41) is 0. The molecule has 2 aliphatic rings. The fourth-order valence-electron chi connectivity index (χ4n) is 4.12. The van der Waals surface area contributed by atoms with Crippen LogP contribution >= 0.6 is 0 Å². The molecule has 0 spiro atoms. The molecular formula is C20H26N6O2. The predicted octanol–water partition coefficient (Wildman–Crippen LogP) is 1.69. The zero-order valence-electron chi connectivity index (χ0n) is 15.9. The molecule has 0 atom stereocenters. The zero-order valence-corrected chi connectivity index (χ0v) is 15.9. The molecule has 0 radical (unpaired) electrons. The van der Waals surface area contributed by atoms with Gasteiger partial charge >= 0.3 is 0 Å². The molecule has 2 amide bonds. The van der Waals surface area contributed by atoms with Gasteiger partial charge in [-0.15, -0.1) is 0 Å². The summed E-state index contributed by atoms with van der Waals surface area (Å²) in [6.45, 7) is 2.93. The van der Waals surface area contributed by atoms with E-state index in [0.717, 1.165) is 50.4 Å². The molecule has 1 aliphatic carbocycles. The molecule has 0 aromatic carbocycles. The number of H-pyrrole nitrogens is 1. The van der Waals surface area contributed by atoms with Crippen molar-refractivity contribution in [2.45, 2.75) is 32.1 Å². The number of rotatable bonds is 4. The first-order chi connectivity index (χ1) is 13.6. The zero-order chi connectivity index (χ0) is 19.5. The van der Waals surface area contributed by atoms with E-state index in [9.17, 15) is 9.59 Å². The highest BCUT2D eigenvalue weighted by atomic mass is 16.2. The molecular weight excluding hydrogens is 356 g/mol. The summed E-state index contributed by atoms with van der Waals surface area (Å²) in [4.78, 5) is 40.1. The van der Waals surface area contributed by atoms with Crippen LogP contribution in [-0.2, 0) is 9.59 Å². The van der Waals surface area contributed by atoms with Crippen LogP contribution in [0.5, 0.6) is 0 Å². The normalized spacial score (nSPS) is 18.9. The first-order valence-corrected chi connectivity index (χ1v) is 9.97. The van der Waals surface area contributed by atoms with Gasteiger partial charge in [-0.2, -0.15) is 0 Å². The van der Waals surface area contributed by atoms with Gasteiger partial charge in [-0.25, -0.2) is 9.97 Å². The summed E-state index contributed by atoms with van der Waals surface area (Å²) in [6.07, 6.45) is 12.1. The molecule has 2 aromatic heterocycles. The Morgan fingerprint density at radius 1 is 1.14 bits per heavy atom. The van der Waals surface area contributed by atoms with E-state index in [1.807, 2.05) is 4.90 Å². The maximum Gasteiger partial charge on any atom is 0.241 e. The Labute approximate surface area is 163 Å². The lowest BCUT2D eigenvalue weighted by molar-refractivity contribution is -0.136. The van der Waals surface area contributed by atoms with Gasteiger partial charge in [-0.3, -0.25) is 9.59 Å². The van der Waals surface area contributed by atoms with Gasteiger partial charge in [0.1, 0.15) is 11.3 Å². The smallest absolute Gasteiger partial charge is 0.241 e. The monoisotopic (exact) mass is 382 g/mol. The number of amides is 2. The third kappa shape index (κ3) is 3.85. The van der Waals surface area contributed by atoms with E-state index in [2.05, 4.69) is 14.9 Å². The van der Waals surface area contributed by atoms with E-state index >= 15 is 0 Å². The highest BCUT2D eigenvalue weighted by Crippen LogP contribution is 2.26. The molecule has 0 unspecified atom stereocenters. The summed E-state index contributed by atoms with van der Waals surface area (Å²) in [5.74, 6) is 0.823. The molecule has 148 valence electrons. The summed E-state index contributed by atoms with van der Waals surface area (Å²) < 4.78 is 0. The fourth-order valence-corrected chi connectivity index (χ4v) is 4.12. The Morgan fingerprint density at radius 3 is 2.61 bits per heavy atom. The molecule has 28 heavy (non-hydrogen) atoms. The van der Waals surface area contributed by atoms with E-state index in [0.29, 0.717) is 17.1 Å². The third-order valence-corrected chi connectivity index (χ3v) is 5.69. The SMILES string of the molecule is NC(=O)C=Cc1c[nH]c2ncc(N3CCN(C(=O)C4CCCCC4)CC3)nc12. The summed E-state index contributed by atoms with van der Waals surface area (Å²) in [5.41, 5.74) is 7.32. The van der Waals surface area contributed by atoms with Gasteiger partial charge < -0.3 is 20.5 Å². The Kier molecular flexibility index (Phi) is 5.27. The van der Waals surface area contributed by atoms with Crippen molar-refractivity contribution in [1.82, 2.24) is 19.9 Å². The van der Waals surface area contributed by atoms with Gasteiger partial charge in [0.25, 0.3) is 0 Å². The Bertz CT molecular complexity index is 891. The van der Waals surface area contributed by atoms with Crippen LogP contribution in [0.4, 0.5) is 5.82 Å². The molecule has 8 heteroatoms. The minimum absolute atomic E-state index is 0.218.